The summed E-state index contributed by atoms with van der Waals surface area (Å²) in [5.74, 6) is -1.78. The average molecular weight is 347 g/mol. The number of hydrogen-bond acceptors (Lipinski definition) is 4. The summed E-state index contributed by atoms with van der Waals surface area (Å²) in [5.41, 5.74) is 1.39. The Labute approximate surface area is 147 Å². The van der Waals surface area contributed by atoms with Crippen molar-refractivity contribution in [3.8, 4) is 0 Å². The largest absolute Gasteiger partial charge is 0.377 e. The summed E-state index contributed by atoms with van der Waals surface area (Å²) in [5, 5.41) is 4.91. The Morgan fingerprint density at radius 2 is 1.88 bits per heavy atom. The average Bonchev–Trinajstić information content (AvgIpc) is 2.65. The van der Waals surface area contributed by atoms with Crippen molar-refractivity contribution < 1.29 is 19.1 Å². The number of amides is 3. The summed E-state index contributed by atoms with van der Waals surface area (Å²) in [6.45, 7) is 3.16. The second-order valence-electron chi connectivity index (χ2n) is 6.08. The first-order chi connectivity index (χ1) is 12.0. The van der Waals surface area contributed by atoms with Crippen molar-refractivity contribution in [1.29, 1.82) is 0 Å². The molecule has 25 heavy (non-hydrogen) atoms. The molecule has 1 heterocycles. The number of rotatable bonds is 5. The predicted molar refractivity (Wildman–Crippen MR) is 93.9 cm³/mol. The van der Waals surface area contributed by atoms with Crippen LogP contribution in [-0.4, -0.2) is 49.4 Å². The zero-order valence-electron chi connectivity index (χ0n) is 14.7. The molecule has 136 valence electrons. The van der Waals surface area contributed by atoms with Crippen LogP contribution in [0.2, 0.25) is 0 Å². The van der Waals surface area contributed by atoms with Crippen molar-refractivity contribution in [3.63, 3.8) is 0 Å². The highest BCUT2D eigenvalue weighted by molar-refractivity contribution is 6.39. The van der Waals surface area contributed by atoms with Crippen LogP contribution in [0.5, 0.6) is 0 Å². The molecule has 0 radical (unpaired) electrons. The maximum atomic E-state index is 12.0. The van der Waals surface area contributed by atoms with Gasteiger partial charge in [-0.3, -0.25) is 14.4 Å². The zero-order valence-corrected chi connectivity index (χ0v) is 14.7. The van der Waals surface area contributed by atoms with Crippen molar-refractivity contribution in [2.45, 2.75) is 32.3 Å². The molecule has 0 saturated carbocycles. The molecule has 1 saturated heterocycles. The van der Waals surface area contributed by atoms with Gasteiger partial charge in [0.05, 0.1) is 12.6 Å². The van der Waals surface area contributed by atoms with Crippen LogP contribution in [0.4, 0.5) is 5.69 Å². The van der Waals surface area contributed by atoms with Crippen LogP contribution >= 0.6 is 0 Å². The topological polar surface area (TPSA) is 87.7 Å². The van der Waals surface area contributed by atoms with Crippen molar-refractivity contribution in [2.24, 2.45) is 0 Å². The van der Waals surface area contributed by atoms with Gasteiger partial charge in [0, 0.05) is 25.9 Å². The molecule has 1 aliphatic rings. The molecule has 1 fully saturated rings. The molecule has 0 bridgehead atoms. The summed E-state index contributed by atoms with van der Waals surface area (Å²) in [7, 11) is 1.60. The van der Waals surface area contributed by atoms with Crippen LogP contribution in [0, 0.1) is 0 Å². The molecule has 2 rings (SSSR count). The lowest BCUT2D eigenvalue weighted by molar-refractivity contribution is -0.138. The minimum Gasteiger partial charge on any atom is -0.377 e. The number of methoxy groups -OCH3 is 1. The molecule has 3 amide bonds. The van der Waals surface area contributed by atoms with Crippen molar-refractivity contribution in [2.75, 3.05) is 32.1 Å². The summed E-state index contributed by atoms with van der Waals surface area (Å²) in [6, 6.07) is 7.09. The van der Waals surface area contributed by atoms with Crippen LogP contribution in [0.15, 0.2) is 24.3 Å². The highest BCUT2D eigenvalue weighted by Crippen LogP contribution is 2.19. The Bertz CT molecular complexity index is 627. The maximum absolute atomic E-state index is 12.0. The summed E-state index contributed by atoms with van der Waals surface area (Å²) in [4.78, 5) is 37.6. The molecule has 1 unspecified atom stereocenters. The summed E-state index contributed by atoms with van der Waals surface area (Å²) in [6.07, 6.45) is 2.97. The highest BCUT2D eigenvalue weighted by Gasteiger charge is 2.19. The van der Waals surface area contributed by atoms with Crippen molar-refractivity contribution in [1.82, 2.24) is 10.2 Å². The van der Waals surface area contributed by atoms with Gasteiger partial charge in [0.1, 0.15) is 0 Å². The van der Waals surface area contributed by atoms with E-state index in [-0.39, 0.29) is 18.6 Å². The number of carbonyl (C=O) groups excluding carboxylic acids is 3. The number of nitrogens with zero attached hydrogens (tertiary/aromatic N) is 1. The molecule has 7 nitrogen and oxygen atoms in total. The van der Waals surface area contributed by atoms with Gasteiger partial charge in [0.2, 0.25) is 5.91 Å². The molecular weight excluding hydrogens is 322 g/mol. The number of ether oxygens (including phenoxy) is 1. The fourth-order valence-electron chi connectivity index (χ4n) is 2.68. The SMILES string of the molecule is COC(C)c1cccc(NC(=O)C(=O)NCC(=O)N2CCCCC2)c1. The first-order valence-corrected chi connectivity index (χ1v) is 8.51. The standard InChI is InChI=1S/C18H25N3O4/c1-13(25-2)14-7-6-8-15(11-14)20-18(24)17(23)19-12-16(22)21-9-4-3-5-10-21/h6-8,11,13H,3-5,9-10,12H2,1-2H3,(H,19,23)(H,20,24). The van der Waals surface area contributed by atoms with Gasteiger partial charge >= 0.3 is 11.8 Å². The van der Waals surface area contributed by atoms with E-state index in [1.54, 1.807) is 30.2 Å². The number of carbonyl (C=O) groups is 3. The van der Waals surface area contributed by atoms with Crippen LogP contribution in [0.25, 0.3) is 0 Å². The van der Waals surface area contributed by atoms with Gasteiger partial charge in [-0.1, -0.05) is 12.1 Å². The van der Waals surface area contributed by atoms with E-state index in [1.807, 2.05) is 13.0 Å². The van der Waals surface area contributed by atoms with Gasteiger partial charge in [0.15, 0.2) is 0 Å². The highest BCUT2D eigenvalue weighted by atomic mass is 16.5. The summed E-state index contributed by atoms with van der Waals surface area (Å²) < 4.78 is 5.23. The van der Waals surface area contributed by atoms with Crippen molar-refractivity contribution in [3.05, 3.63) is 29.8 Å². The molecule has 1 aliphatic heterocycles. The molecular formula is C18H25N3O4. The van der Waals surface area contributed by atoms with Crippen molar-refractivity contribution >= 4 is 23.4 Å². The van der Waals surface area contributed by atoms with E-state index in [0.717, 1.165) is 24.8 Å². The second-order valence-corrected chi connectivity index (χ2v) is 6.08. The van der Waals surface area contributed by atoms with Gasteiger partial charge in [-0.25, -0.2) is 0 Å². The number of nitrogens with one attached hydrogen (secondary N) is 2. The molecule has 7 heteroatoms. The van der Waals surface area contributed by atoms with Crippen LogP contribution in [-0.2, 0) is 19.1 Å². The van der Waals surface area contributed by atoms with Crippen LogP contribution in [0.3, 0.4) is 0 Å². The molecule has 1 aromatic carbocycles. The first-order valence-electron chi connectivity index (χ1n) is 8.51. The quantitative estimate of drug-likeness (QED) is 0.790. The third-order valence-electron chi connectivity index (χ3n) is 4.28. The number of anilines is 1. The zero-order chi connectivity index (χ0) is 18.2. The van der Waals surface area contributed by atoms with Gasteiger partial charge < -0.3 is 20.3 Å². The molecule has 1 atom stereocenters. The first kappa shape index (κ1) is 18.9. The second kappa shape index (κ2) is 9.17. The predicted octanol–water partition coefficient (Wildman–Crippen LogP) is 1.46. The smallest absolute Gasteiger partial charge is 0.313 e. The Kier molecular flexibility index (Phi) is 6.94. The lowest BCUT2D eigenvalue weighted by Crippen LogP contribution is -2.45. The van der Waals surface area contributed by atoms with E-state index in [1.165, 1.54) is 0 Å². The maximum Gasteiger partial charge on any atom is 0.313 e. The van der Waals surface area contributed by atoms with E-state index < -0.39 is 11.8 Å². The van der Waals surface area contributed by atoms with Crippen LogP contribution in [0.1, 0.15) is 37.9 Å². The normalized spacial score (nSPS) is 15.4. The van der Waals surface area contributed by atoms with E-state index in [0.29, 0.717) is 18.8 Å². The Morgan fingerprint density at radius 1 is 1.16 bits per heavy atom. The monoisotopic (exact) mass is 347 g/mol. The number of hydrogen-bond donors (Lipinski definition) is 2. The van der Waals surface area contributed by atoms with E-state index in [2.05, 4.69) is 10.6 Å². The molecule has 0 aliphatic carbocycles. The van der Waals surface area contributed by atoms with E-state index in [4.69, 9.17) is 4.74 Å². The molecule has 1 aromatic rings. The minimum atomic E-state index is -0.824. The van der Waals surface area contributed by atoms with Gasteiger partial charge in [-0.15, -0.1) is 0 Å². The van der Waals surface area contributed by atoms with Crippen LogP contribution < -0.4 is 10.6 Å². The fraction of sp³-hybridized carbons (Fsp3) is 0.500. The Hall–Kier alpha value is -2.41. The molecule has 2 N–H and O–H groups in total. The molecule has 0 spiro atoms. The summed E-state index contributed by atoms with van der Waals surface area (Å²) >= 11 is 0. The number of piperidine rings is 1. The Balaban J connectivity index is 1.83. The van der Waals surface area contributed by atoms with E-state index >= 15 is 0 Å². The number of benzene rings is 1. The lowest BCUT2D eigenvalue weighted by atomic mass is 10.1. The number of likely N-dealkylation sites (tertiary alicyclic amines) is 1. The lowest BCUT2D eigenvalue weighted by Gasteiger charge is -2.26. The molecule has 0 aromatic heterocycles. The third-order valence-corrected chi connectivity index (χ3v) is 4.28. The van der Waals surface area contributed by atoms with E-state index in [9.17, 15) is 14.4 Å². The Morgan fingerprint density at radius 3 is 2.56 bits per heavy atom. The van der Waals surface area contributed by atoms with Gasteiger partial charge in [-0.05, 0) is 43.9 Å². The van der Waals surface area contributed by atoms with Gasteiger partial charge in [0.25, 0.3) is 0 Å². The third kappa shape index (κ3) is 5.56. The minimum absolute atomic E-state index is 0.118. The van der Waals surface area contributed by atoms with Gasteiger partial charge in [-0.2, -0.15) is 0 Å². The fourth-order valence-corrected chi connectivity index (χ4v) is 2.68.